The lowest BCUT2D eigenvalue weighted by molar-refractivity contribution is -0.146. The van der Waals surface area contributed by atoms with E-state index >= 15 is 0 Å². The van der Waals surface area contributed by atoms with Crippen LogP contribution in [-0.2, 0) is 22.7 Å². The summed E-state index contributed by atoms with van der Waals surface area (Å²) in [5, 5.41) is 11.8. The second kappa shape index (κ2) is 6.31. The van der Waals surface area contributed by atoms with Crippen molar-refractivity contribution in [3.8, 4) is 0 Å². The second-order valence-electron chi connectivity index (χ2n) is 5.91. The number of para-hydroxylation sites is 1. The Morgan fingerprint density at radius 1 is 1.17 bits per heavy atom. The van der Waals surface area contributed by atoms with Gasteiger partial charge in [-0.2, -0.15) is 0 Å². The number of aromatic nitrogens is 2. The molecule has 8 heteroatoms. The molecule has 0 bridgehead atoms. The highest BCUT2D eigenvalue weighted by molar-refractivity contribution is 5.87. The average Bonchev–Trinajstić information content (AvgIpc) is 2.51. The molecule has 1 aromatic carbocycles. The van der Waals surface area contributed by atoms with E-state index in [0.717, 1.165) is 4.57 Å². The summed E-state index contributed by atoms with van der Waals surface area (Å²) in [6, 6.07) is 6.49. The molecule has 8 nitrogen and oxygen atoms in total. The normalized spacial score (nSPS) is 11.5. The third-order valence-corrected chi connectivity index (χ3v) is 3.74. The Hall–Kier alpha value is -2.90. The predicted molar refractivity (Wildman–Crippen MR) is 88.0 cm³/mol. The van der Waals surface area contributed by atoms with Gasteiger partial charge in [0.2, 0.25) is 5.91 Å². The molecule has 0 fully saturated rings. The number of fused-ring (bicyclic) bond motifs is 1. The quantitative estimate of drug-likeness (QED) is 0.810. The number of benzene rings is 1. The van der Waals surface area contributed by atoms with Gasteiger partial charge in [-0.15, -0.1) is 0 Å². The van der Waals surface area contributed by atoms with E-state index in [-0.39, 0.29) is 13.1 Å². The third kappa shape index (κ3) is 3.08. The molecule has 2 aromatic rings. The van der Waals surface area contributed by atoms with Crippen LogP contribution < -0.4 is 16.6 Å². The number of carboxylic acid groups (broad SMARTS) is 1. The van der Waals surface area contributed by atoms with Crippen molar-refractivity contribution in [2.24, 2.45) is 0 Å². The summed E-state index contributed by atoms with van der Waals surface area (Å²) in [4.78, 5) is 48.1. The topological polar surface area (TPSA) is 110 Å². The fourth-order valence-electron chi connectivity index (χ4n) is 2.39. The number of aliphatic carboxylic acids is 1. The number of carbonyl (C=O) groups excluding carboxylic acids is 1. The Morgan fingerprint density at radius 3 is 2.38 bits per heavy atom. The van der Waals surface area contributed by atoms with E-state index in [1.54, 1.807) is 31.2 Å². The molecule has 1 amide bonds. The molecule has 0 saturated heterocycles. The molecule has 2 rings (SSSR count). The van der Waals surface area contributed by atoms with Gasteiger partial charge in [0.15, 0.2) is 0 Å². The minimum atomic E-state index is -1.46. The number of nitrogens with zero attached hydrogens (tertiary/aromatic N) is 2. The zero-order valence-corrected chi connectivity index (χ0v) is 13.7. The Morgan fingerprint density at radius 2 is 1.79 bits per heavy atom. The van der Waals surface area contributed by atoms with Crippen LogP contribution in [0.5, 0.6) is 0 Å². The first kappa shape index (κ1) is 17.5. The smallest absolute Gasteiger partial charge is 0.331 e. The number of hydrogen-bond donors (Lipinski definition) is 2. The van der Waals surface area contributed by atoms with Crippen molar-refractivity contribution in [3.05, 3.63) is 45.1 Å². The van der Waals surface area contributed by atoms with Crippen LogP contribution in [-0.4, -0.2) is 31.7 Å². The van der Waals surface area contributed by atoms with Crippen LogP contribution in [0.25, 0.3) is 10.9 Å². The molecule has 2 N–H and O–H groups in total. The van der Waals surface area contributed by atoms with Gasteiger partial charge < -0.3 is 10.4 Å². The van der Waals surface area contributed by atoms with Gasteiger partial charge in [-0.1, -0.05) is 12.1 Å². The van der Waals surface area contributed by atoms with Gasteiger partial charge in [-0.3, -0.25) is 18.7 Å². The first-order chi connectivity index (χ1) is 11.2. The fourth-order valence-corrected chi connectivity index (χ4v) is 2.39. The van der Waals surface area contributed by atoms with Gasteiger partial charge in [0, 0.05) is 6.54 Å². The largest absolute Gasteiger partial charge is 0.480 e. The maximum Gasteiger partial charge on any atom is 0.331 e. The Kier molecular flexibility index (Phi) is 4.59. The van der Waals surface area contributed by atoms with Crippen molar-refractivity contribution >= 4 is 22.8 Å². The van der Waals surface area contributed by atoms with Crippen LogP contribution in [0.4, 0.5) is 0 Å². The van der Waals surface area contributed by atoms with E-state index in [1.807, 2.05) is 0 Å². The zero-order valence-electron chi connectivity index (χ0n) is 13.7. The molecule has 1 aromatic heterocycles. The van der Waals surface area contributed by atoms with E-state index in [4.69, 9.17) is 5.11 Å². The lowest BCUT2D eigenvalue weighted by Gasteiger charge is -2.21. The van der Waals surface area contributed by atoms with E-state index < -0.39 is 28.7 Å². The van der Waals surface area contributed by atoms with Crippen molar-refractivity contribution in [2.75, 3.05) is 0 Å². The summed E-state index contributed by atoms with van der Waals surface area (Å²) in [7, 11) is 0. The van der Waals surface area contributed by atoms with Crippen LogP contribution in [0.2, 0.25) is 0 Å². The van der Waals surface area contributed by atoms with Crippen molar-refractivity contribution in [1.29, 1.82) is 0 Å². The molecule has 0 aliphatic carbocycles. The Labute approximate surface area is 137 Å². The highest BCUT2D eigenvalue weighted by Crippen LogP contribution is 2.08. The summed E-state index contributed by atoms with van der Waals surface area (Å²) in [5.41, 5.74) is -2.15. The SMILES string of the molecule is CCn1c(=O)c2ccccc2n(CC(=O)NC(C)(C)C(=O)O)c1=O. The highest BCUT2D eigenvalue weighted by Gasteiger charge is 2.29. The highest BCUT2D eigenvalue weighted by atomic mass is 16.4. The Bertz CT molecular complexity index is 923. The van der Waals surface area contributed by atoms with Gasteiger partial charge in [-0.25, -0.2) is 9.59 Å². The van der Waals surface area contributed by atoms with Crippen LogP contribution in [0, 0.1) is 0 Å². The van der Waals surface area contributed by atoms with Crippen LogP contribution in [0.3, 0.4) is 0 Å². The second-order valence-corrected chi connectivity index (χ2v) is 5.91. The van der Waals surface area contributed by atoms with Crippen molar-refractivity contribution in [1.82, 2.24) is 14.5 Å². The molecule has 0 aliphatic rings. The number of amides is 1. The van der Waals surface area contributed by atoms with Crippen molar-refractivity contribution in [2.45, 2.75) is 39.4 Å². The number of rotatable bonds is 5. The monoisotopic (exact) mass is 333 g/mol. The zero-order chi connectivity index (χ0) is 18.1. The summed E-state index contributed by atoms with van der Waals surface area (Å²) in [6.45, 7) is 4.15. The summed E-state index contributed by atoms with van der Waals surface area (Å²) < 4.78 is 2.21. The summed E-state index contributed by atoms with van der Waals surface area (Å²) in [6.07, 6.45) is 0. The molecule has 24 heavy (non-hydrogen) atoms. The van der Waals surface area contributed by atoms with Gasteiger partial charge in [0.25, 0.3) is 5.56 Å². The van der Waals surface area contributed by atoms with Crippen LogP contribution in [0.1, 0.15) is 20.8 Å². The molecule has 0 unspecified atom stereocenters. The lowest BCUT2D eigenvalue weighted by atomic mass is 10.1. The molecule has 0 aliphatic heterocycles. The predicted octanol–water partition coefficient (Wildman–Crippen LogP) is 0.163. The fraction of sp³-hybridized carbons (Fsp3) is 0.375. The minimum absolute atomic E-state index is 0.171. The van der Waals surface area contributed by atoms with Gasteiger partial charge in [-0.05, 0) is 32.9 Å². The lowest BCUT2D eigenvalue weighted by Crippen LogP contribution is -2.51. The van der Waals surface area contributed by atoms with E-state index in [9.17, 15) is 19.2 Å². The summed E-state index contributed by atoms with van der Waals surface area (Å²) in [5.74, 6) is -1.82. The number of nitrogens with one attached hydrogen (secondary N) is 1. The third-order valence-electron chi connectivity index (χ3n) is 3.74. The maximum absolute atomic E-state index is 12.5. The van der Waals surface area contributed by atoms with E-state index in [1.165, 1.54) is 18.4 Å². The van der Waals surface area contributed by atoms with Gasteiger partial charge >= 0.3 is 11.7 Å². The molecule has 128 valence electrons. The molecular formula is C16H19N3O5. The first-order valence-corrected chi connectivity index (χ1v) is 7.45. The van der Waals surface area contributed by atoms with Gasteiger partial charge in [0.05, 0.1) is 10.9 Å². The standard InChI is InChI=1S/C16H19N3O5/c1-4-18-13(21)10-7-5-6-8-11(10)19(15(18)24)9-12(20)17-16(2,3)14(22)23/h5-8H,4,9H2,1-3H3,(H,17,20)(H,22,23). The molecule has 0 saturated carbocycles. The van der Waals surface area contributed by atoms with Crippen molar-refractivity contribution < 1.29 is 14.7 Å². The van der Waals surface area contributed by atoms with Gasteiger partial charge in [0.1, 0.15) is 12.1 Å². The van der Waals surface area contributed by atoms with Crippen molar-refractivity contribution in [3.63, 3.8) is 0 Å². The van der Waals surface area contributed by atoms with E-state index in [0.29, 0.717) is 10.9 Å². The molecular weight excluding hydrogens is 314 g/mol. The molecule has 0 spiro atoms. The maximum atomic E-state index is 12.5. The average molecular weight is 333 g/mol. The number of carboxylic acids is 1. The molecule has 0 atom stereocenters. The van der Waals surface area contributed by atoms with Crippen LogP contribution in [0.15, 0.2) is 33.9 Å². The minimum Gasteiger partial charge on any atom is -0.480 e. The number of carbonyl (C=O) groups is 2. The Balaban J connectivity index is 2.53. The first-order valence-electron chi connectivity index (χ1n) is 7.45. The van der Waals surface area contributed by atoms with Crippen LogP contribution >= 0.6 is 0 Å². The number of hydrogen-bond acceptors (Lipinski definition) is 4. The van der Waals surface area contributed by atoms with E-state index in [2.05, 4.69) is 5.32 Å². The molecule has 1 heterocycles. The summed E-state index contributed by atoms with van der Waals surface area (Å²) >= 11 is 0. The molecule has 0 radical (unpaired) electrons.